The predicted octanol–water partition coefficient (Wildman–Crippen LogP) is 8.76. The quantitative estimate of drug-likeness (QED) is 0.132. The molecule has 0 atom stereocenters. The lowest BCUT2D eigenvalue weighted by Gasteiger charge is -2.11. The third kappa shape index (κ3) is 12.4. The molecule has 1 aromatic rings. The summed E-state index contributed by atoms with van der Waals surface area (Å²) in [5.74, 6) is 1.90. The zero-order valence-corrected chi connectivity index (χ0v) is 21.6. The summed E-state index contributed by atoms with van der Waals surface area (Å²) in [6.45, 7) is 3.10. The van der Waals surface area contributed by atoms with Gasteiger partial charge in [-0.05, 0) is 63.7 Å². The maximum Gasteiger partial charge on any atom is 0.133 e. The first-order chi connectivity index (χ1) is 13.2. The molecule has 0 unspecified atom stereocenters. The normalized spacial score (nSPS) is 11.0. The topological polar surface area (TPSA) is 18.5 Å². The Balaban J connectivity index is 1.92. The molecular formula is C23H38I2O2. The highest BCUT2D eigenvalue weighted by atomic mass is 127. The SMILES string of the molecule is CCCCCCCCCCCCCCCCOc1cc(I)c(OC)cc1I. The monoisotopic (exact) mass is 600 g/mol. The van der Waals surface area contributed by atoms with Crippen LogP contribution in [-0.4, -0.2) is 13.7 Å². The van der Waals surface area contributed by atoms with Gasteiger partial charge >= 0.3 is 0 Å². The molecule has 0 aliphatic carbocycles. The van der Waals surface area contributed by atoms with Crippen LogP contribution in [0, 0.1) is 7.14 Å². The van der Waals surface area contributed by atoms with E-state index in [0.29, 0.717) is 0 Å². The Hall–Kier alpha value is 0.280. The lowest BCUT2D eigenvalue weighted by molar-refractivity contribution is 0.301. The Kier molecular flexibility index (Phi) is 16.1. The number of hydrogen-bond acceptors (Lipinski definition) is 2. The van der Waals surface area contributed by atoms with Crippen molar-refractivity contribution in [2.24, 2.45) is 0 Å². The molecule has 0 amide bonds. The van der Waals surface area contributed by atoms with E-state index in [4.69, 9.17) is 9.47 Å². The van der Waals surface area contributed by atoms with Crippen molar-refractivity contribution in [3.63, 3.8) is 0 Å². The van der Waals surface area contributed by atoms with Gasteiger partial charge in [-0.1, -0.05) is 90.4 Å². The number of benzene rings is 1. The van der Waals surface area contributed by atoms with Gasteiger partial charge in [0.25, 0.3) is 0 Å². The van der Waals surface area contributed by atoms with Gasteiger partial charge in [0.2, 0.25) is 0 Å². The van der Waals surface area contributed by atoms with Crippen molar-refractivity contribution in [2.45, 2.75) is 96.8 Å². The first-order valence-corrected chi connectivity index (χ1v) is 13.0. The first-order valence-electron chi connectivity index (χ1n) is 10.8. The van der Waals surface area contributed by atoms with Crippen molar-refractivity contribution in [3.05, 3.63) is 19.3 Å². The Morgan fingerprint density at radius 2 is 1.04 bits per heavy atom. The minimum absolute atomic E-state index is 0.816. The summed E-state index contributed by atoms with van der Waals surface area (Å²) in [7, 11) is 1.71. The van der Waals surface area contributed by atoms with Gasteiger partial charge in [-0.25, -0.2) is 0 Å². The molecule has 1 rings (SSSR count). The number of ether oxygens (including phenoxy) is 2. The fraction of sp³-hybridized carbons (Fsp3) is 0.739. The molecule has 2 nitrogen and oxygen atoms in total. The Morgan fingerprint density at radius 3 is 1.52 bits per heavy atom. The van der Waals surface area contributed by atoms with Crippen LogP contribution in [0.5, 0.6) is 11.5 Å². The molecule has 0 fully saturated rings. The van der Waals surface area contributed by atoms with Gasteiger partial charge in [-0.15, -0.1) is 0 Å². The van der Waals surface area contributed by atoms with Crippen molar-refractivity contribution in [1.29, 1.82) is 0 Å². The average Bonchev–Trinajstić information content (AvgIpc) is 2.67. The lowest BCUT2D eigenvalue weighted by atomic mass is 10.0. The number of methoxy groups -OCH3 is 1. The maximum absolute atomic E-state index is 5.96. The van der Waals surface area contributed by atoms with Crippen LogP contribution in [0.2, 0.25) is 0 Å². The van der Waals surface area contributed by atoms with E-state index in [1.165, 1.54) is 83.5 Å². The smallest absolute Gasteiger partial charge is 0.133 e. The van der Waals surface area contributed by atoms with Crippen LogP contribution in [0.25, 0.3) is 0 Å². The van der Waals surface area contributed by atoms with Crippen LogP contribution >= 0.6 is 45.2 Å². The molecule has 0 radical (unpaired) electrons. The summed E-state index contributed by atoms with van der Waals surface area (Å²) >= 11 is 4.62. The molecule has 27 heavy (non-hydrogen) atoms. The number of hydrogen-bond donors (Lipinski definition) is 0. The van der Waals surface area contributed by atoms with Gasteiger partial charge in [0.1, 0.15) is 11.5 Å². The molecule has 0 bridgehead atoms. The predicted molar refractivity (Wildman–Crippen MR) is 134 cm³/mol. The van der Waals surface area contributed by atoms with Gasteiger partial charge in [-0.2, -0.15) is 0 Å². The summed E-state index contributed by atoms with van der Waals surface area (Å²) in [5, 5.41) is 0. The van der Waals surface area contributed by atoms with Crippen LogP contribution in [0.15, 0.2) is 12.1 Å². The van der Waals surface area contributed by atoms with Crippen LogP contribution in [0.4, 0.5) is 0 Å². The van der Waals surface area contributed by atoms with Crippen molar-refractivity contribution < 1.29 is 9.47 Å². The highest BCUT2D eigenvalue weighted by Gasteiger charge is 2.07. The highest BCUT2D eigenvalue weighted by molar-refractivity contribution is 14.1. The summed E-state index contributed by atoms with van der Waals surface area (Å²) in [4.78, 5) is 0. The van der Waals surface area contributed by atoms with E-state index in [2.05, 4.69) is 58.2 Å². The Morgan fingerprint density at radius 1 is 0.630 bits per heavy atom. The van der Waals surface area contributed by atoms with Gasteiger partial charge in [-0.3, -0.25) is 0 Å². The molecular weight excluding hydrogens is 562 g/mol. The van der Waals surface area contributed by atoms with E-state index in [9.17, 15) is 0 Å². The third-order valence-corrected chi connectivity index (χ3v) is 6.65. The van der Waals surface area contributed by atoms with E-state index in [1.54, 1.807) is 7.11 Å². The van der Waals surface area contributed by atoms with E-state index in [-0.39, 0.29) is 0 Å². The zero-order valence-electron chi connectivity index (χ0n) is 17.3. The fourth-order valence-electron chi connectivity index (χ4n) is 3.26. The molecule has 0 saturated carbocycles. The highest BCUT2D eigenvalue weighted by Crippen LogP contribution is 2.31. The molecule has 156 valence electrons. The van der Waals surface area contributed by atoms with Crippen molar-refractivity contribution in [1.82, 2.24) is 0 Å². The van der Waals surface area contributed by atoms with Gasteiger partial charge in [0.15, 0.2) is 0 Å². The minimum Gasteiger partial charge on any atom is -0.496 e. The molecule has 0 aromatic heterocycles. The molecule has 4 heteroatoms. The molecule has 0 aliphatic rings. The minimum atomic E-state index is 0.816. The summed E-state index contributed by atoms with van der Waals surface area (Å²) in [6.07, 6.45) is 19.4. The molecule has 0 heterocycles. The van der Waals surface area contributed by atoms with Crippen LogP contribution < -0.4 is 9.47 Å². The molecule has 0 spiro atoms. The second-order valence-corrected chi connectivity index (χ2v) is 9.69. The van der Waals surface area contributed by atoms with E-state index in [0.717, 1.165) is 31.7 Å². The van der Waals surface area contributed by atoms with E-state index >= 15 is 0 Å². The van der Waals surface area contributed by atoms with Crippen LogP contribution in [0.3, 0.4) is 0 Å². The molecule has 1 aromatic carbocycles. The molecule has 0 aliphatic heterocycles. The Labute approximate surface area is 194 Å². The number of halogens is 2. The second-order valence-electron chi connectivity index (χ2n) is 7.36. The largest absolute Gasteiger partial charge is 0.496 e. The van der Waals surface area contributed by atoms with E-state index < -0.39 is 0 Å². The standard InChI is InChI=1S/C23H38I2O2/c1-3-4-5-6-7-8-9-10-11-12-13-14-15-16-17-27-23-19-20(24)22(26-2)18-21(23)25/h18-19H,3-17H2,1-2H3. The Bertz CT molecular complexity index is 492. The summed E-state index contributed by atoms with van der Waals surface area (Å²) < 4.78 is 13.5. The lowest BCUT2D eigenvalue weighted by Crippen LogP contribution is -2.00. The van der Waals surface area contributed by atoms with Crippen molar-refractivity contribution in [2.75, 3.05) is 13.7 Å². The van der Waals surface area contributed by atoms with E-state index in [1.807, 2.05) is 6.07 Å². The zero-order chi connectivity index (χ0) is 19.7. The fourth-order valence-corrected chi connectivity index (χ4v) is 4.51. The third-order valence-electron chi connectivity index (χ3n) is 4.96. The van der Waals surface area contributed by atoms with Crippen molar-refractivity contribution in [3.8, 4) is 11.5 Å². The average molecular weight is 600 g/mol. The van der Waals surface area contributed by atoms with Gasteiger partial charge in [0.05, 0.1) is 20.9 Å². The van der Waals surface area contributed by atoms with Gasteiger partial charge < -0.3 is 9.47 Å². The summed E-state index contributed by atoms with van der Waals surface area (Å²) in [5.41, 5.74) is 0. The van der Waals surface area contributed by atoms with Crippen molar-refractivity contribution >= 4 is 45.2 Å². The molecule has 0 N–H and O–H groups in total. The van der Waals surface area contributed by atoms with Crippen LogP contribution in [-0.2, 0) is 0 Å². The molecule has 0 saturated heterocycles. The maximum atomic E-state index is 5.96. The number of unbranched alkanes of at least 4 members (excludes halogenated alkanes) is 13. The number of rotatable bonds is 17. The summed E-state index contributed by atoms with van der Waals surface area (Å²) in [6, 6.07) is 4.12. The van der Waals surface area contributed by atoms with Crippen LogP contribution in [0.1, 0.15) is 96.8 Å². The first kappa shape index (κ1) is 25.3. The van der Waals surface area contributed by atoms with Gasteiger partial charge in [0, 0.05) is 0 Å². The second kappa shape index (κ2) is 17.2.